The number of fused-ring (bicyclic) bond motifs is 1. The van der Waals surface area contributed by atoms with Gasteiger partial charge in [0.05, 0.1) is 19.1 Å². The van der Waals surface area contributed by atoms with E-state index in [4.69, 9.17) is 14.2 Å². The first-order valence-electron chi connectivity index (χ1n) is 7.87. The molecule has 6 heteroatoms. The molecule has 0 radical (unpaired) electrons. The summed E-state index contributed by atoms with van der Waals surface area (Å²) >= 11 is 0. The van der Waals surface area contributed by atoms with Crippen LogP contribution in [0.1, 0.15) is 18.4 Å². The Morgan fingerprint density at radius 3 is 2.44 bits per heavy atom. The van der Waals surface area contributed by atoms with Gasteiger partial charge in [0.2, 0.25) is 0 Å². The average molecular weight is 360 g/mol. The Kier molecular flexibility index (Phi) is 4.72. The summed E-state index contributed by atoms with van der Waals surface area (Å²) in [7, 11) is -0.329. The molecule has 1 aliphatic heterocycles. The minimum Gasteiger partial charge on any atom is -0.496 e. The Balaban J connectivity index is 1.93. The van der Waals surface area contributed by atoms with Crippen LogP contribution in [-0.2, 0) is 9.84 Å². The summed E-state index contributed by atoms with van der Waals surface area (Å²) in [5, 5.41) is 0. The number of sulfone groups is 1. The molecule has 2 aromatic rings. The first kappa shape index (κ1) is 17.4. The Bertz CT molecular complexity index is 901. The molecule has 2 aromatic carbocycles. The van der Waals surface area contributed by atoms with E-state index in [0.29, 0.717) is 23.0 Å². The summed E-state index contributed by atoms with van der Waals surface area (Å²) < 4.78 is 41.7. The molecule has 5 nitrogen and oxygen atoms in total. The predicted octanol–water partition coefficient (Wildman–Crippen LogP) is 3.56. The van der Waals surface area contributed by atoms with Crippen molar-refractivity contribution in [1.29, 1.82) is 0 Å². The van der Waals surface area contributed by atoms with E-state index in [1.165, 1.54) is 0 Å². The minimum absolute atomic E-state index is 0.0365. The van der Waals surface area contributed by atoms with Gasteiger partial charge in [-0.05, 0) is 18.2 Å². The lowest BCUT2D eigenvalue weighted by Gasteiger charge is -2.25. The normalized spacial score (nSPS) is 16.4. The van der Waals surface area contributed by atoms with E-state index >= 15 is 0 Å². The van der Waals surface area contributed by atoms with Gasteiger partial charge in [0.1, 0.15) is 28.8 Å². The summed E-state index contributed by atoms with van der Waals surface area (Å²) in [6.45, 7) is 1.98. The van der Waals surface area contributed by atoms with Crippen LogP contribution in [0.2, 0.25) is 0 Å². The number of hydrogen-bond acceptors (Lipinski definition) is 5. The third-order valence-electron chi connectivity index (χ3n) is 4.10. The molecule has 1 aliphatic rings. The summed E-state index contributed by atoms with van der Waals surface area (Å²) in [6, 6.07) is 11.9. The van der Waals surface area contributed by atoms with E-state index in [1.807, 2.05) is 13.0 Å². The lowest BCUT2D eigenvalue weighted by atomic mass is 9.96. The van der Waals surface area contributed by atoms with Crippen LogP contribution in [0.25, 0.3) is 0 Å². The van der Waals surface area contributed by atoms with Crippen LogP contribution in [0.4, 0.5) is 0 Å². The highest BCUT2D eigenvalue weighted by atomic mass is 32.2. The van der Waals surface area contributed by atoms with E-state index in [0.717, 1.165) is 5.56 Å². The van der Waals surface area contributed by atoms with Crippen molar-refractivity contribution in [2.75, 3.05) is 20.0 Å². The van der Waals surface area contributed by atoms with Crippen molar-refractivity contribution >= 4 is 9.84 Å². The molecule has 0 aromatic heterocycles. The zero-order valence-electron chi connectivity index (χ0n) is 14.4. The van der Waals surface area contributed by atoms with Gasteiger partial charge in [-0.1, -0.05) is 25.1 Å². The number of ether oxygens (including phenoxy) is 3. The Morgan fingerprint density at radius 2 is 1.80 bits per heavy atom. The molecular weight excluding hydrogens is 340 g/mol. The second-order valence-corrected chi connectivity index (χ2v) is 7.83. The maximum atomic E-state index is 12.6. The number of methoxy groups -OCH3 is 2. The summed E-state index contributed by atoms with van der Waals surface area (Å²) in [4.78, 5) is 0.279. The molecule has 0 N–H and O–H groups in total. The monoisotopic (exact) mass is 360 g/mol. The van der Waals surface area contributed by atoms with Gasteiger partial charge < -0.3 is 14.2 Å². The first-order chi connectivity index (χ1) is 11.9. The van der Waals surface area contributed by atoms with E-state index in [2.05, 4.69) is 0 Å². The molecule has 0 bridgehead atoms. The number of hydrogen-bond donors (Lipinski definition) is 0. The van der Waals surface area contributed by atoms with Crippen LogP contribution >= 0.6 is 0 Å². The zero-order valence-corrected chi connectivity index (χ0v) is 15.2. The molecule has 25 heavy (non-hydrogen) atoms. The smallest absolute Gasteiger partial charge is 0.185 e. The highest BCUT2D eigenvalue weighted by molar-refractivity contribution is 7.91. The summed E-state index contributed by atoms with van der Waals surface area (Å²) in [5.41, 5.74) is 0.879. The fourth-order valence-electron chi connectivity index (χ4n) is 2.91. The molecule has 0 saturated carbocycles. The van der Waals surface area contributed by atoms with Gasteiger partial charge in [-0.15, -0.1) is 0 Å². The Labute approximate surface area is 147 Å². The molecule has 132 valence electrons. The predicted molar refractivity (Wildman–Crippen MR) is 95.2 cm³/mol. The van der Waals surface area contributed by atoms with Gasteiger partial charge in [-0.3, -0.25) is 0 Å². The third-order valence-corrected chi connectivity index (χ3v) is 5.76. The minimum atomic E-state index is -3.47. The maximum Gasteiger partial charge on any atom is 0.185 e. The molecule has 0 unspecified atom stereocenters. The number of rotatable bonds is 5. The van der Waals surface area contributed by atoms with Crippen LogP contribution in [0.15, 0.2) is 59.2 Å². The molecule has 0 fully saturated rings. The van der Waals surface area contributed by atoms with Crippen molar-refractivity contribution in [1.82, 2.24) is 0 Å². The van der Waals surface area contributed by atoms with Crippen LogP contribution in [-0.4, -0.2) is 28.4 Å². The Morgan fingerprint density at radius 1 is 1.08 bits per heavy atom. The quantitative estimate of drug-likeness (QED) is 0.816. The van der Waals surface area contributed by atoms with E-state index in [-0.39, 0.29) is 16.6 Å². The molecule has 0 saturated heterocycles. The largest absolute Gasteiger partial charge is 0.496 e. The molecular formula is C19H20O5S. The lowest BCUT2D eigenvalue weighted by molar-refractivity contribution is 0.363. The summed E-state index contributed by atoms with van der Waals surface area (Å²) in [5.74, 6) is 1.98. The van der Waals surface area contributed by atoms with Crippen molar-refractivity contribution in [2.24, 2.45) is 0 Å². The van der Waals surface area contributed by atoms with Crippen LogP contribution in [0, 0.1) is 0 Å². The van der Waals surface area contributed by atoms with E-state index < -0.39 is 9.84 Å². The van der Waals surface area contributed by atoms with Crippen molar-refractivity contribution in [2.45, 2.75) is 17.7 Å². The SMILES string of the molecule is COc1cc(OC)c2c(c1)OC(CS(=O)(=O)c1ccccc1)=C[C@@H]2C. The molecule has 0 aliphatic carbocycles. The second-order valence-electron chi connectivity index (χ2n) is 5.84. The third kappa shape index (κ3) is 3.49. The van der Waals surface area contributed by atoms with Gasteiger partial charge in [-0.2, -0.15) is 0 Å². The van der Waals surface area contributed by atoms with E-state index in [1.54, 1.807) is 56.7 Å². The van der Waals surface area contributed by atoms with Crippen molar-refractivity contribution in [3.05, 3.63) is 59.9 Å². The average Bonchev–Trinajstić information content (AvgIpc) is 2.60. The fraction of sp³-hybridized carbons (Fsp3) is 0.263. The number of benzene rings is 2. The van der Waals surface area contributed by atoms with Crippen LogP contribution in [0.5, 0.6) is 17.2 Å². The van der Waals surface area contributed by atoms with Gasteiger partial charge >= 0.3 is 0 Å². The zero-order chi connectivity index (χ0) is 18.0. The molecule has 1 heterocycles. The highest BCUT2D eigenvalue weighted by Gasteiger charge is 2.27. The first-order valence-corrected chi connectivity index (χ1v) is 9.52. The van der Waals surface area contributed by atoms with Gasteiger partial charge in [0.25, 0.3) is 0 Å². The van der Waals surface area contributed by atoms with E-state index in [9.17, 15) is 8.42 Å². The summed E-state index contributed by atoms with van der Waals surface area (Å²) in [6.07, 6.45) is 1.82. The van der Waals surface area contributed by atoms with Gasteiger partial charge in [0.15, 0.2) is 9.84 Å². The van der Waals surface area contributed by atoms with Crippen molar-refractivity contribution in [3.63, 3.8) is 0 Å². The fourth-order valence-corrected chi connectivity index (χ4v) is 4.18. The van der Waals surface area contributed by atoms with Crippen LogP contribution < -0.4 is 14.2 Å². The molecule has 0 spiro atoms. The lowest BCUT2D eigenvalue weighted by Crippen LogP contribution is -2.17. The highest BCUT2D eigenvalue weighted by Crippen LogP contribution is 2.43. The standard InChI is InChI=1S/C19H20O5S/c1-13-9-15(12-25(20,21)16-7-5-4-6-8-16)24-18-11-14(22-2)10-17(23-3)19(13)18/h4-11,13H,12H2,1-3H3/t13-/m0/s1. The molecule has 3 rings (SSSR count). The maximum absolute atomic E-state index is 12.6. The van der Waals surface area contributed by atoms with Crippen molar-refractivity contribution < 1.29 is 22.6 Å². The van der Waals surface area contributed by atoms with Gasteiger partial charge in [0, 0.05) is 23.6 Å². The molecule has 1 atom stereocenters. The Hall–Kier alpha value is -2.47. The number of allylic oxidation sites excluding steroid dienone is 1. The van der Waals surface area contributed by atoms with Gasteiger partial charge in [-0.25, -0.2) is 8.42 Å². The molecule has 0 amide bonds. The topological polar surface area (TPSA) is 61.8 Å². The van der Waals surface area contributed by atoms with Crippen molar-refractivity contribution in [3.8, 4) is 17.2 Å². The van der Waals surface area contributed by atoms with Crippen LogP contribution in [0.3, 0.4) is 0 Å². The second kappa shape index (κ2) is 6.80.